The predicted molar refractivity (Wildman–Crippen MR) is 76.6 cm³/mol. The van der Waals surface area contributed by atoms with Crippen molar-refractivity contribution in [2.75, 3.05) is 13.6 Å². The normalized spacial score (nSPS) is 10.7. The third kappa shape index (κ3) is 3.17. The van der Waals surface area contributed by atoms with Gasteiger partial charge in [-0.3, -0.25) is 9.59 Å². The number of hydrogen-bond acceptors (Lipinski definition) is 2. The number of benzene rings is 1. The van der Waals surface area contributed by atoms with Gasteiger partial charge in [0.05, 0.1) is 0 Å². The molecule has 5 heteroatoms. The number of carbonyl (C=O) groups is 2. The standard InChI is InChI=1S/C15H18N2O3/c1-10-3-5-13-12(7-10)11(8-16-13)4-6-14(18)17(2)9-15(19)20/h3,5,7-8,16H,4,6,9H2,1-2H3,(H,19,20). The number of likely N-dealkylation sites (N-methyl/N-ethyl adjacent to an activating group) is 1. The number of fused-ring (bicyclic) bond motifs is 1. The van der Waals surface area contributed by atoms with Gasteiger partial charge in [0, 0.05) is 30.6 Å². The first-order chi connectivity index (χ1) is 9.47. The van der Waals surface area contributed by atoms with E-state index in [0.29, 0.717) is 12.8 Å². The predicted octanol–water partition coefficient (Wildman–Crippen LogP) is 1.95. The van der Waals surface area contributed by atoms with Gasteiger partial charge in [0.1, 0.15) is 6.54 Å². The molecule has 0 fully saturated rings. The third-order valence-electron chi connectivity index (χ3n) is 3.33. The molecule has 1 aromatic carbocycles. The van der Waals surface area contributed by atoms with E-state index in [9.17, 15) is 9.59 Å². The van der Waals surface area contributed by atoms with Crippen LogP contribution in [0, 0.1) is 6.92 Å². The van der Waals surface area contributed by atoms with Gasteiger partial charge < -0.3 is 15.0 Å². The molecule has 20 heavy (non-hydrogen) atoms. The molecule has 0 bridgehead atoms. The number of carbonyl (C=O) groups excluding carboxylic acids is 1. The van der Waals surface area contributed by atoms with Crippen LogP contribution in [0.1, 0.15) is 17.5 Å². The van der Waals surface area contributed by atoms with Crippen LogP contribution < -0.4 is 0 Å². The summed E-state index contributed by atoms with van der Waals surface area (Å²) in [6.45, 7) is 1.77. The second kappa shape index (κ2) is 5.77. The van der Waals surface area contributed by atoms with Gasteiger partial charge >= 0.3 is 5.97 Å². The molecular formula is C15H18N2O3. The number of aliphatic carboxylic acids is 1. The summed E-state index contributed by atoms with van der Waals surface area (Å²) in [6, 6.07) is 6.15. The van der Waals surface area contributed by atoms with Gasteiger partial charge in [-0.25, -0.2) is 0 Å². The number of aryl methyl sites for hydroxylation is 2. The highest BCUT2D eigenvalue weighted by atomic mass is 16.4. The minimum atomic E-state index is -0.997. The highest BCUT2D eigenvalue weighted by Crippen LogP contribution is 2.21. The molecule has 0 saturated carbocycles. The lowest BCUT2D eigenvalue weighted by Crippen LogP contribution is -2.32. The number of rotatable bonds is 5. The molecule has 1 aromatic heterocycles. The van der Waals surface area contributed by atoms with E-state index in [-0.39, 0.29) is 12.5 Å². The Labute approximate surface area is 117 Å². The summed E-state index contributed by atoms with van der Waals surface area (Å²) < 4.78 is 0. The topological polar surface area (TPSA) is 73.4 Å². The van der Waals surface area contributed by atoms with Crippen molar-refractivity contribution in [1.29, 1.82) is 0 Å². The smallest absolute Gasteiger partial charge is 0.323 e. The Balaban J connectivity index is 2.04. The van der Waals surface area contributed by atoms with Crippen molar-refractivity contribution in [3.05, 3.63) is 35.5 Å². The van der Waals surface area contributed by atoms with E-state index in [0.717, 1.165) is 16.5 Å². The number of carboxylic acid groups (broad SMARTS) is 1. The van der Waals surface area contributed by atoms with Crippen molar-refractivity contribution in [3.8, 4) is 0 Å². The van der Waals surface area contributed by atoms with E-state index in [1.165, 1.54) is 17.5 Å². The lowest BCUT2D eigenvalue weighted by Gasteiger charge is -2.14. The van der Waals surface area contributed by atoms with Crippen molar-refractivity contribution >= 4 is 22.8 Å². The van der Waals surface area contributed by atoms with Gasteiger partial charge in [0.15, 0.2) is 0 Å². The molecule has 0 saturated heterocycles. The van der Waals surface area contributed by atoms with Gasteiger partial charge in [-0.15, -0.1) is 0 Å². The molecule has 5 nitrogen and oxygen atoms in total. The Kier molecular flexibility index (Phi) is 4.08. The monoisotopic (exact) mass is 274 g/mol. The first-order valence-electron chi connectivity index (χ1n) is 6.49. The molecule has 0 aliphatic carbocycles. The van der Waals surface area contributed by atoms with Gasteiger partial charge in [-0.05, 0) is 31.0 Å². The molecule has 0 spiro atoms. The Morgan fingerprint density at radius 2 is 2.10 bits per heavy atom. The van der Waals surface area contributed by atoms with Crippen molar-refractivity contribution in [2.24, 2.45) is 0 Å². The van der Waals surface area contributed by atoms with Gasteiger partial charge in [-0.2, -0.15) is 0 Å². The molecule has 0 atom stereocenters. The molecular weight excluding hydrogens is 256 g/mol. The number of hydrogen-bond donors (Lipinski definition) is 2. The average molecular weight is 274 g/mol. The van der Waals surface area contributed by atoms with E-state index in [4.69, 9.17) is 5.11 Å². The SMILES string of the molecule is Cc1ccc2[nH]cc(CCC(=O)N(C)CC(=O)O)c2c1. The number of carboxylic acids is 1. The van der Waals surface area contributed by atoms with Gasteiger partial charge in [-0.1, -0.05) is 11.6 Å². The van der Waals surface area contributed by atoms with Crippen molar-refractivity contribution in [1.82, 2.24) is 9.88 Å². The van der Waals surface area contributed by atoms with Crippen LogP contribution in [-0.4, -0.2) is 40.5 Å². The number of nitrogens with zero attached hydrogens (tertiary/aromatic N) is 1. The summed E-state index contributed by atoms with van der Waals surface area (Å²) in [7, 11) is 1.51. The molecule has 0 aliphatic heterocycles. The maximum atomic E-state index is 11.8. The Hall–Kier alpha value is -2.30. The molecule has 2 N–H and O–H groups in total. The first-order valence-corrected chi connectivity index (χ1v) is 6.49. The number of H-pyrrole nitrogens is 1. The molecule has 106 valence electrons. The van der Waals surface area contributed by atoms with E-state index in [2.05, 4.69) is 11.1 Å². The van der Waals surface area contributed by atoms with E-state index >= 15 is 0 Å². The van der Waals surface area contributed by atoms with Gasteiger partial charge in [0.25, 0.3) is 0 Å². The summed E-state index contributed by atoms with van der Waals surface area (Å²) in [6.07, 6.45) is 2.82. The first kappa shape index (κ1) is 14.1. The summed E-state index contributed by atoms with van der Waals surface area (Å²) in [5.41, 5.74) is 3.31. The zero-order valence-electron chi connectivity index (χ0n) is 11.6. The molecule has 1 heterocycles. The van der Waals surface area contributed by atoms with Crippen LogP contribution in [0.2, 0.25) is 0 Å². The fourth-order valence-electron chi connectivity index (χ4n) is 2.22. The number of nitrogens with one attached hydrogen (secondary N) is 1. The minimum absolute atomic E-state index is 0.158. The summed E-state index contributed by atoms with van der Waals surface area (Å²) in [4.78, 5) is 26.8. The highest BCUT2D eigenvalue weighted by Gasteiger charge is 2.13. The lowest BCUT2D eigenvalue weighted by molar-refractivity contribution is -0.143. The number of amides is 1. The fraction of sp³-hybridized carbons (Fsp3) is 0.333. The quantitative estimate of drug-likeness (QED) is 0.875. The van der Waals surface area contributed by atoms with Crippen LogP contribution in [-0.2, 0) is 16.0 Å². The average Bonchev–Trinajstić information content (AvgIpc) is 2.77. The van der Waals surface area contributed by atoms with Crippen molar-refractivity contribution < 1.29 is 14.7 Å². The Morgan fingerprint density at radius 3 is 2.80 bits per heavy atom. The van der Waals surface area contributed by atoms with Crippen LogP contribution in [0.25, 0.3) is 10.9 Å². The van der Waals surface area contributed by atoms with Crippen molar-refractivity contribution in [2.45, 2.75) is 19.8 Å². The maximum Gasteiger partial charge on any atom is 0.323 e. The van der Waals surface area contributed by atoms with E-state index in [1.54, 1.807) is 0 Å². The van der Waals surface area contributed by atoms with Crippen LogP contribution in [0.15, 0.2) is 24.4 Å². The summed E-state index contributed by atoms with van der Waals surface area (Å²) >= 11 is 0. The lowest BCUT2D eigenvalue weighted by atomic mass is 10.1. The second-order valence-electron chi connectivity index (χ2n) is 5.01. The van der Waals surface area contributed by atoms with Crippen LogP contribution >= 0.6 is 0 Å². The highest BCUT2D eigenvalue weighted by molar-refractivity contribution is 5.85. The van der Waals surface area contributed by atoms with Crippen LogP contribution in [0.4, 0.5) is 0 Å². The molecule has 2 aromatic rings. The zero-order chi connectivity index (χ0) is 14.7. The number of aromatic nitrogens is 1. The molecule has 0 unspecified atom stereocenters. The minimum Gasteiger partial charge on any atom is -0.480 e. The molecule has 0 radical (unpaired) electrons. The summed E-state index contributed by atoms with van der Waals surface area (Å²) in [5, 5.41) is 9.78. The zero-order valence-corrected chi connectivity index (χ0v) is 11.6. The molecule has 0 aliphatic rings. The molecule has 1 amide bonds. The fourth-order valence-corrected chi connectivity index (χ4v) is 2.22. The van der Waals surface area contributed by atoms with Crippen molar-refractivity contribution in [3.63, 3.8) is 0 Å². The molecule has 2 rings (SSSR count). The number of aromatic amines is 1. The van der Waals surface area contributed by atoms with Crippen LogP contribution in [0.3, 0.4) is 0 Å². The van der Waals surface area contributed by atoms with Crippen LogP contribution in [0.5, 0.6) is 0 Å². The Morgan fingerprint density at radius 1 is 1.35 bits per heavy atom. The summed E-state index contributed by atoms with van der Waals surface area (Å²) in [5.74, 6) is -1.15. The second-order valence-corrected chi connectivity index (χ2v) is 5.01. The largest absolute Gasteiger partial charge is 0.480 e. The van der Waals surface area contributed by atoms with E-state index < -0.39 is 5.97 Å². The van der Waals surface area contributed by atoms with E-state index in [1.807, 2.05) is 25.3 Å². The maximum absolute atomic E-state index is 11.8. The Bertz CT molecular complexity index is 646. The third-order valence-corrected chi connectivity index (χ3v) is 3.33. The van der Waals surface area contributed by atoms with Gasteiger partial charge in [0.2, 0.25) is 5.91 Å².